The number of aryl methyl sites for hydroxylation is 1. The van der Waals surface area contributed by atoms with Crippen molar-refractivity contribution in [3.05, 3.63) is 29.8 Å². The van der Waals surface area contributed by atoms with Crippen molar-refractivity contribution in [3.63, 3.8) is 0 Å². The number of nitrogens with one attached hydrogen (secondary N) is 1. The highest BCUT2D eigenvalue weighted by Gasteiger charge is 2.27. The van der Waals surface area contributed by atoms with Crippen LogP contribution in [-0.2, 0) is 0 Å². The Morgan fingerprint density at radius 1 is 1.19 bits per heavy atom. The molecule has 0 atom stereocenters. The van der Waals surface area contributed by atoms with Gasteiger partial charge in [0.1, 0.15) is 0 Å². The zero-order valence-electron chi connectivity index (χ0n) is 14.9. The summed E-state index contributed by atoms with van der Waals surface area (Å²) in [6.45, 7) is 14.7. The number of hydrogen-bond donors (Lipinski definition) is 1. The SMILES string of the molecule is CCC(CC)(CNCC(C)C)CN(C)c1cccc(C)c1. The summed E-state index contributed by atoms with van der Waals surface area (Å²) in [7, 11) is 2.22. The molecule has 0 amide bonds. The summed E-state index contributed by atoms with van der Waals surface area (Å²) >= 11 is 0. The van der Waals surface area contributed by atoms with Crippen molar-refractivity contribution in [1.82, 2.24) is 5.32 Å². The van der Waals surface area contributed by atoms with Gasteiger partial charge in [0.05, 0.1) is 0 Å². The third-order valence-electron chi connectivity index (χ3n) is 4.57. The van der Waals surface area contributed by atoms with Crippen LogP contribution >= 0.6 is 0 Å². The van der Waals surface area contributed by atoms with Gasteiger partial charge in [-0.15, -0.1) is 0 Å². The molecule has 1 N–H and O–H groups in total. The lowest BCUT2D eigenvalue weighted by molar-refractivity contribution is 0.252. The molecule has 0 aliphatic carbocycles. The zero-order chi connectivity index (χ0) is 15.9. The van der Waals surface area contributed by atoms with Gasteiger partial charge in [0, 0.05) is 25.8 Å². The van der Waals surface area contributed by atoms with Crippen LogP contribution in [0.2, 0.25) is 0 Å². The van der Waals surface area contributed by atoms with Crippen LogP contribution in [0.3, 0.4) is 0 Å². The number of anilines is 1. The Hall–Kier alpha value is -1.02. The van der Waals surface area contributed by atoms with Crippen LogP contribution in [0.15, 0.2) is 24.3 Å². The first-order valence-corrected chi connectivity index (χ1v) is 8.41. The lowest BCUT2D eigenvalue weighted by Gasteiger charge is -2.37. The van der Waals surface area contributed by atoms with Crippen LogP contribution in [0.4, 0.5) is 5.69 Å². The van der Waals surface area contributed by atoms with E-state index in [-0.39, 0.29) is 0 Å². The second-order valence-corrected chi connectivity index (χ2v) is 6.93. The Labute approximate surface area is 131 Å². The van der Waals surface area contributed by atoms with E-state index in [1.54, 1.807) is 0 Å². The van der Waals surface area contributed by atoms with Gasteiger partial charge in [-0.05, 0) is 55.3 Å². The summed E-state index contributed by atoms with van der Waals surface area (Å²) in [5, 5.41) is 3.67. The fourth-order valence-corrected chi connectivity index (χ4v) is 2.87. The smallest absolute Gasteiger partial charge is 0.0366 e. The molecule has 1 aromatic carbocycles. The average molecular weight is 290 g/mol. The summed E-state index contributed by atoms with van der Waals surface area (Å²) in [6, 6.07) is 8.80. The lowest BCUT2D eigenvalue weighted by Crippen LogP contribution is -2.43. The molecule has 2 nitrogen and oxygen atoms in total. The molecule has 1 aromatic rings. The minimum absolute atomic E-state index is 0.355. The van der Waals surface area contributed by atoms with Gasteiger partial charge in [-0.1, -0.05) is 39.8 Å². The summed E-state index contributed by atoms with van der Waals surface area (Å²) in [6.07, 6.45) is 2.43. The highest BCUT2D eigenvalue weighted by Crippen LogP contribution is 2.29. The van der Waals surface area contributed by atoms with Gasteiger partial charge in [-0.25, -0.2) is 0 Å². The molecule has 2 heteroatoms. The van der Waals surface area contributed by atoms with Crippen LogP contribution in [0, 0.1) is 18.3 Å². The molecule has 0 unspecified atom stereocenters. The molecular weight excluding hydrogens is 256 g/mol. The number of nitrogens with zero attached hydrogens (tertiary/aromatic N) is 1. The van der Waals surface area contributed by atoms with Gasteiger partial charge in [-0.2, -0.15) is 0 Å². The van der Waals surface area contributed by atoms with Gasteiger partial charge >= 0.3 is 0 Å². The van der Waals surface area contributed by atoms with Crippen molar-refractivity contribution >= 4 is 5.69 Å². The van der Waals surface area contributed by atoms with E-state index in [1.807, 2.05) is 0 Å². The highest BCUT2D eigenvalue weighted by molar-refractivity contribution is 5.47. The topological polar surface area (TPSA) is 15.3 Å². The molecule has 0 aliphatic rings. The van der Waals surface area contributed by atoms with Crippen LogP contribution in [0.25, 0.3) is 0 Å². The Balaban J connectivity index is 2.72. The van der Waals surface area contributed by atoms with E-state index in [9.17, 15) is 0 Å². The van der Waals surface area contributed by atoms with Gasteiger partial charge < -0.3 is 10.2 Å². The number of benzene rings is 1. The van der Waals surface area contributed by atoms with Crippen molar-refractivity contribution in [1.29, 1.82) is 0 Å². The van der Waals surface area contributed by atoms with Crippen LogP contribution in [0.5, 0.6) is 0 Å². The quantitative estimate of drug-likeness (QED) is 0.721. The highest BCUT2D eigenvalue weighted by atomic mass is 15.1. The van der Waals surface area contributed by atoms with Gasteiger partial charge in [0.25, 0.3) is 0 Å². The molecule has 0 fully saturated rings. The Bertz CT molecular complexity index is 408. The molecule has 0 bridgehead atoms. The van der Waals surface area contributed by atoms with Crippen molar-refractivity contribution in [3.8, 4) is 0 Å². The van der Waals surface area contributed by atoms with Crippen molar-refractivity contribution in [2.45, 2.75) is 47.5 Å². The molecule has 21 heavy (non-hydrogen) atoms. The first-order valence-electron chi connectivity index (χ1n) is 8.41. The van der Waals surface area contributed by atoms with Crippen LogP contribution in [-0.4, -0.2) is 26.7 Å². The summed E-state index contributed by atoms with van der Waals surface area (Å²) in [5.74, 6) is 0.714. The van der Waals surface area contributed by atoms with Crippen LogP contribution < -0.4 is 10.2 Å². The standard InChI is InChI=1S/C19H34N2/c1-7-19(8-2,14-20-13-16(3)4)15-21(6)18-11-9-10-17(5)12-18/h9-12,16,20H,7-8,13-15H2,1-6H3. The third kappa shape index (κ3) is 5.70. The first-order chi connectivity index (χ1) is 9.92. The Kier molecular flexibility index (Phi) is 7.24. The second kappa shape index (κ2) is 8.43. The normalized spacial score (nSPS) is 12.0. The van der Waals surface area contributed by atoms with E-state index in [4.69, 9.17) is 0 Å². The van der Waals surface area contributed by atoms with E-state index >= 15 is 0 Å². The first kappa shape index (κ1) is 18.0. The summed E-state index contributed by atoms with van der Waals surface area (Å²) < 4.78 is 0. The van der Waals surface area contributed by atoms with E-state index < -0.39 is 0 Å². The number of hydrogen-bond acceptors (Lipinski definition) is 2. The fourth-order valence-electron chi connectivity index (χ4n) is 2.87. The van der Waals surface area contributed by atoms with E-state index in [2.05, 4.69) is 76.1 Å². The molecule has 0 heterocycles. The molecule has 1 rings (SSSR count). The minimum Gasteiger partial charge on any atom is -0.374 e. The maximum atomic E-state index is 3.67. The maximum Gasteiger partial charge on any atom is 0.0366 e. The molecule has 0 spiro atoms. The molecular formula is C19H34N2. The van der Waals surface area contributed by atoms with E-state index in [1.165, 1.54) is 24.1 Å². The van der Waals surface area contributed by atoms with Gasteiger partial charge in [-0.3, -0.25) is 0 Å². The van der Waals surface area contributed by atoms with Crippen molar-refractivity contribution in [2.75, 3.05) is 31.6 Å². The fraction of sp³-hybridized carbons (Fsp3) is 0.684. The molecule has 0 aliphatic heterocycles. The summed E-state index contributed by atoms with van der Waals surface area (Å²) in [5.41, 5.74) is 3.01. The monoisotopic (exact) mass is 290 g/mol. The largest absolute Gasteiger partial charge is 0.374 e. The molecule has 0 saturated heterocycles. The van der Waals surface area contributed by atoms with Gasteiger partial charge in [0.2, 0.25) is 0 Å². The molecule has 0 saturated carbocycles. The minimum atomic E-state index is 0.355. The molecule has 120 valence electrons. The predicted molar refractivity (Wildman–Crippen MR) is 95.2 cm³/mol. The average Bonchev–Trinajstić information content (AvgIpc) is 2.45. The Morgan fingerprint density at radius 3 is 2.38 bits per heavy atom. The van der Waals surface area contributed by atoms with E-state index in [0.717, 1.165) is 19.6 Å². The zero-order valence-corrected chi connectivity index (χ0v) is 14.9. The number of rotatable bonds is 9. The molecule has 0 aromatic heterocycles. The van der Waals surface area contributed by atoms with Crippen molar-refractivity contribution < 1.29 is 0 Å². The maximum absolute atomic E-state index is 3.67. The van der Waals surface area contributed by atoms with Crippen LogP contribution in [0.1, 0.15) is 46.1 Å². The van der Waals surface area contributed by atoms with Crippen molar-refractivity contribution in [2.24, 2.45) is 11.3 Å². The second-order valence-electron chi connectivity index (χ2n) is 6.93. The Morgan fingerprint density at radius 2 is 1.86 bits per heavy atom. The summed E-state index contributed by atoms with van der Waals surface area (Å²) in [4.78, 5) is 2.41. The van der Waals surface area contributed by atoms with E-state index in [0.29, 0.717) is 11.3 Å². The third-order valence-corrected chi connectivity index (χ3v) is 4.57. The lowest BCUT2D eigenvalue weighted by atomic mass is 9.81. The van der Waals surface area contributed by atoms with Gasteiger partial charge in [0.15, 0.2) is 0 Å². The predicted octanol–water partition coefficient (Wildman–Crippen LogP) is 4.48. The molecule has 0 radical (unpaired) electrons.